The summed E-state index contributed by atoms with van der Waals surface area (Å²) in [7, 11) is 0. The molecule has 1 aromatic heterocycles. The molecular weight excluding hydrogens is 320 g/mol. The number of carbonyl (C=O) groups excluding carboxylic acids is 2. The number of carbonyl (C=O) groups is 2. The first kappa shape index (κ1) is 16.1. The summed E-state index contributed by atoms with van der Waals surface area (Å²) >= 11 is 0. The minimum atomic E-state index is -1.03. The highest BCUT2D eigenvalue weighted by molar-refractivity contribution is 6.09. The normalized spacial score (nSPS) is 17.4. The number of nitrogens with one attached hydrogen (secondary N) is 1. The molecule has 1 aromatic carbocycles. The summed E-state index contributed by atoms with van der Waals surface area (Å²) in [6.07, 6.45) is 1.59. The first-order chi connectivity index (χ1) is 11.5. The fourth-order valence-corrected chi connectivity index (χ4v) is 2.62. The molecule has 24 heavy (non-hydrogen) atoms. The van der Waals surface area contributed by atoms with Crippen molar-refractivity contribution in [2.24, 2.45) is 5.92 Å². The van der Waals surface area contributed by atoms with Crippen LogP contribution in [0.3, 0.4) is 0 Å². The molecule has 0 radical (unpaired) electrons. The Bertz CT molecular complexity index is 791. The zero-order chi connectivity index (χ0) is 17.3. The van der Waals surface area contributed by atoms with E-state index in [9.17, 15) is 18.4 Å². The van der Waals surface area contributed by atoms with E-state index >= 15 is 0 Å². The van der Waals surface area contributed by atoms with Crippen molar-refractivity contribution in [3.8, 4) is 0 Å². The van der Waals surface area contributed by atoms with Gasteiger partial charge in [-0.1, -0.05) is 0 Å². The van der Waals surface area contributed by atoms with E-state index in [4.69, 9.17) is 4.42 Å². The van der Waals surface area contributed by atoms with E-state index in [0.29, 0.717) is 17.9 Å². The van der Waals surface area contributed by atoms with Crippen molar-refractivity contribution >= 4 is 17.5 Å². The van der Waals surface area contributed by atoms with E-state index in [1.165, 1.54) is 17.4 Å². The Hall–Kier alpha value is -2.77. The van der Waals surface area contributed by atoms with Gasteiger partial charge in [0.1, 0.15) is 17.4 Å². The first-order valence-corrected chi connectivity index (χ1v) is 7.40. The van der Waals surface area contributed by atoms with E-state index in [-0.39, 0.29) is 18.8 Å². The lowest BCUT2D eigenvalue weighted by molar-refractivity contribution is -0.132. The summed E-state index contributed by atoms with van der Waals surface area (Å²) in [6.45, 7) is 2.15. The highest BCUT2D eigenvalue weighted by atomic mass is 19.2. The Balaban J connectivity index is 1.66. The van der Waals surface area contributed by atoms with Crippen molar-refractivity contribution in [1.29, 1.82) is 0 Å². The van der Waals surface area contributed by atoms with E-state index < -0.39 is 29.4 Å². The Kier molecular flexibility index (Phi) is 4.28. The maximum absolute atomic E-state index is 13.3. The predicted molar refractivity (Wildman–Crippen MR) is 79.9 cm³/mol. The zero-order valence-electron chi connectivity index (χ0n) is 12.9. The Morgan fingerprint density at radius 2 is 2.21 bits per heavy atom. The predicted octanol–water partition coefficient (Wildman–Crippen LogP) is 1.93. The van der Waals surface area contributed by atoms with Gasteiger partial charge in [0, 0.05) is 18.3 Å². The molecule has 1 atom stereocenters. The van der Waals surface area contributed by atoms with Gasteiger partial charge in [0.2, 0.25) is 11.8 Å². The summed E-state index contributed by atoms with van der Waals surface area (Å²) < 4.78 is 31.4. The van der Waals surface area contributed by atoms with Gasteiger partial charge in [-0.15, -0.1) is 0 Å². The summed E-state index contributed by atoms with van der Waals surface area (Å²) in [6, 6.07) is 3.22. The van der Waals surface area contributed by atoms with Crippen LogP contribution in [0.1, 0.15) is 17.9 Å². The van der Waals surface area contributed by atoms with Crippen LogP contribution in [-0.4, -0.2) is 23.3 Å². The van der Waals surface area contributed by atoms with E-state index in [1.807, 2.05) is 0 Å². The second kappa shape index (κ2) is 6.38. The number of nitrogens with zero attached hydrogens (tertiary/aromatic N) is 2. The van der Waals surface area contributed by atoms with Crippen LogP contribution < -0.4 is 10.2 Å². The van der Waals surface area contributed by atoms with Crippen LogP contribution >= 0.6 is 0 Å². The third kappa shape index (κ3) is 2.99. The maximum Gasteiger partial charge on any atom is 0.239 e. The lowest BCUT2D eigenvalue weighted by Gasteiger charge is -2.17. The lowest BCUT2D eigenvalue weighted by atomic mass is 10.1. The van der Waals surface area contributed by atoms with Crippen LogP contribution in [0, 0.1) is 24.5 Å². The quantitative estimate of drug-likeness (QED) is 0.867. The molecule has 0 aliphatic carbocycles. The minimum Gasteiger partial charge on any atom is -0.448 e. The molecule has 1 N–H and O–H groups in total. The van der Waals surface area contributed by atoms with Crippen molar-refractivity contribution in [3.05, 3.63) is 47.7 Å². The van der Waals surface area contributed by atoms with Crippen molar-refractivity contribution in [3.63, 3.8) is 0 Å². The number of benzene rings is 1. The largest absolute Gasteiger partial charge is 0.448 e. The average Bonchev–Trinajstić information content (AvgIpc) is 3.14. The van der Waals surface area contributed by atoms with Crippen molar-refractivity contribution in [2.45, 2.75) is 19.9 Å². The molecule has 6 nitrogen and oxygen atoms in total. The fraction of sp³-hybridized carbons (Fsp3) is 0.312. The van der Waals surface area contributed by atoms with E-state index in [1.54, 1.807) is 6.92 Å². The number of halogens is 2. The molecule has 1 aliphatic rings. The lowest BCUT2D eigenvalue weighted by Crippen LogP contribution is -2.36. The van der Waals surface area contributed by atoms with Crippen molar-refractivity contribution in [1.82, 2.24) is 10.3 Å². The molecule has 2 heterocycles. The first-order valence-electron chi connectivity index (χ1n) is 7.40. The fourth-order valence-electron chi connectivity index (χ4n) is 2.62. The van der Waals surface area contributed by atoms with Crippen molar-refractivity contribution in [2.75, 3.05) is 11.4 Å². The number of hydrogen-bond acceptors (Lipinski definition) is 4. The molecule has 1 saturated heterocycles. The molecule has 3 rings (SSSR count). The number of amides is 2. The molecular formula is C16H15F2N3O3. The van der Waals surface area contributed by atoms with Crippen LogP contribution in [0.2, 0.25) is 0 Å². The highest BCUT2D eigenvalue weighted by Gasteiger charge is 2.37. The van der Waals surface area contributed by atoms with Crippen LogP contribution in [0.5, 0.6) is 0 Å². The number of oxazole rings is 1. The molecule has 126 valence electrons. The van der Waals surface area contributed by atoms with Crippen molar-refractivity contribution < 1.29 is 22.8 Å². The molecule has 0 bridgehead atoms. The molecule has 0 saturated carbocycles. The molecule has 1 aliphatic heterocycles. The molecule has 0 spiro atoms. The summed E-state index contributed by atoms with van der Waals surface area (Å²) in [5.74, 6) is -3.14. The topological polar surface area (TPSA) is 75.4 Å². The number of hydrogen-bond donors (Lipinski definition) is 1. The summed E-state index contributed by atoms with van der Waals surface area (Å²) in [5, 5.41) is 2.65. The molecule has 8 heteroatoms. The zero-order valence-corrected chi connectivity index (χ0v) is 12.9. The Labute approximate surface area is 136 Å². The van der Waals surface area contributed by atoms with Gasteiger partial charge < -0.3 is 14.6 Å². The number of rotatable bonds is 4. The van der Waals surface area contributed by atoms with Crippen LogP contribution in [0.25, 0.3) is 0 Å². The van der Waals surface area contributed by atoms with E-state index in [0.717, 1.165) is 12.1 Å². The summed E-state index contributed by atoms with van der Waals surface area (Å²) in [4.78, 5) is 29.8. The van der Waals surface area contributed by atoms with Gasteiger partial charge in [0.15, 0.2) is 18.0 Å². The van der Waals surface area contributed by atoms with Gasteiger partial charge >= 0.3 is 0 Å². The van der Waals surface area contributed by atoms with Crippen LogP contribution in [0.15, 0.2) is 29.0 Å². The number of aromatic nitrogens is 1. The second-order valence-electron chi connectivity index (χ2n) is 5.50. The number of anilines is 1. The summed E-state index contributed by atoms with van der Waals surface area (Å²) in [5.41, 5.74) is 0.827. The third-order valence-corrected chi connectivity index (χ3v) is 4.01. The number of aryl methyl sites for hydroxylation is 1. The molecule has 1 fully saturated rings. The third-order valence-electron chi connectivity index (χ3n) is 4.01. The second-order valence-corrected chi connectivity index (χ2v) is 5.50. The smallest absolute Gasteiger partial charge is 0.239 e. The minimum absolute atomic E-state index is 0.163. The molecule has 2 aromatic rings. The maximum atomic E-state index is 13.3. The SMILES string of the molecule is Cc1ocnc1CNC(=O)[C@@H]1CCN(c2ccc(F)c(F)c2)C1=O. The van der Waals surface area contributed by atoms with Gasteiger partial charge in [0.05, 0.1) is 6.54 Å². The highest BCUT2D eigenvalue weighted by Crippen LogP contribution is 2.26. The van der Waals surface area contributed by atoms with Gasteiger partial charge in [-0.2, -0.15) is 0 Å². The molecule has 2 amide bonds. The van der Waals surface area contributed by atoms with Crippen LogP contribution in [-0.2, 0) is 16.1 Å². The van der Waals surface area contributed by atoms with Gasteiger partial charge in [0.25, 0.3) is 0 Å². The van der Waals surface area contributed by atoms with E-state index in [2.05, 4.69) is 10.3 Å². The Morgan fingerprint density at radius 3 is 2.88 bits per heavy atom. The monoisotopic (exact) mass is 335 g/mol. The molecule has 0 unspecified atom stereocenters. The average molecular weight is 335 g/mol. The standard InChI is InChI=1S/C16H15F2N3O3/c1-9-14(20-8-24-9)7-19-15(22)11-4-5-21(16(11)23)10-2-3-12(17)13(18)6-10/h2-3,6,8,11H,4-5,7H2,1H3,(H,19,22)/t11-/m0/s1. The van der Waals surface area contributed by atoms with Crippen LogP contribution in [0.4, 0.5) is 14.5 Å². The Morgan fingerprint density at radius 1 is 1.42 bits per heavy atom. The van der Waals surface area contributed by atoms with Gasteiger partial charge in [-0.05, 0) is 25.5 Å². The van der Waals surface area contributed by atoms with Gasteiger partial charge in [-0.25, -0.2) is 13.8 Å². The van der Waals surface area contributed by atoms with Gasteiger partial charge in [-0.3, -0.25) is 9.59 Å².